The van der Waals surface area contributed by atoms with Gasteiger partial charge in [-0.05, 0) is 43.4 Å². The van der Waals surface area contributed by atoms with Gasteiger partial charge in [-0.1, -0.05) is 6.07 Å². The zero-order valence-electron chi connectivity index (χ0n) is 12.1. The molecule has 1 atom stereocenters. The molecule has 0 bridgehead atoms. The average Bonchev–Trinajstić information content (AvgIpc) is 3.18. The van der Waals surface area contributed by atoms with Gasteiger partial charge in [0.05, 0.1) is 4.90 Å². The molecule has 118 valence electrons. The first-order valence-corrected chi connectivity index (χ1v) is 8.52. The topological polar surface area (TPSA) is 89.3 Å². The van der Waals surface area contributed by atoms with Crippen molar-refractivity contribution >= 4 is 28.2 Å². The van der Waals surface area contributed by atoms with Gasteiger partial charge < -0.3 is 11.1 Å². The lowest BCUT2D eigenvalue weighted by Crippen LogP contribution is -2.38. The number of carbonyl (C=O) groups is 1. The Labute approximate surface area is 131 Å². The van der Waals surface area contributed by atoms with E-state index in [2.05, 4.69) is 5.32 Å². The Balaban J connectivity index is 0.00000220. The molecule has 0 saturated heterocycles. The van der Waals surface area contributed by atoms with Gasteiger partial charge in [0.2, 0.25) is 0 Å². The Hall–Kier alpha value is -1.11. The first-order chi connectivity index (χ1) is 9.29. The molecule has 3 N–H and O–H groups in total. The maximum absolute atomic E-state index is 12.1. The van der Waals surface area contributed by atoms with Crippen molar-refractivity contribution in [2.24, 2.45) is 11.7 Å². The number of rotatable bonds is 5. The van der Waals surface area contributed by atoms with E-state index >= 15 is 0 Å². The summed E-state index contributed by atoms with van der Waals surface area (Å²) in [5, 5.41) is 2.78. The van der Waals surface area contributed by atoms with Crippen LogP contribution < -0.4 is 11.1 Å². The third-order valence-corrected chi connectivity index (χ3v) is 4.72. The van der Waals surface area contributed by atoms with E-state index in [1.165, 1.54) is 12.1 Å². The molecule has 5 nitrogen and oxygen atoms in total. The summed E-state index contributed by atoms with van der Waals surface area (Å²) < 4.78 is 23.1. The first-order valence-electron chi connectivity index (χ1n) is 6.63. The van der Waals surface area contributed by atoms with E-state index in [1.807, 2.05) is 0 Å². The molecule has 0 aromatic heterocycles. The third-order valence-electron chi connectivity index (χ3n) is 3.61. The van der Waals surface area contributed by atoms with E-state index in [9.17, 15) is 13.2 Å². The third kappa shape index (κ3) is 4.69. The summed E-state index contributed by atoms with van der Waals surface area (Å²) in [7, 11) is -3.32. The molecule has 0 spiro atoms. The molecular weight excluding hydrogens is 312 g/mol. The number of sulfone groups is 1. The van der Waals surface area contributed by atoms with Crippen LogP contribution in [0.25, 0.3) is 0 Å². The molecule has 7 heteroatoms. The molecule has 1 aromatic rings. The predicted octanol–water partition coefficient (Wildman–Crippen LogP) is 1.29. The van der Waals surface area contributed by atoms with E-state index in [-0.39, 0.29) is 29.3 Å². The molecule has 1 fully saturated rings. The fourth-order valence-corrected chi connectivity index (χ4v) is 2.72. The van der Waals surface area contributed by atoms with Crippen LogP contribution in [0.15, 0.2) is 23.1 Å². The van der Waals surface area contributed by atoms with Gasteiger partial charge >= 0.3 is 0 Å². The van der Waals surface area contributed by atoms with Crippen LogP contribution in [-0.4, -0.2) is 33.2 Å². The summed E-state index contributed by atoms with van der Waals surface area (Å²) in [6.45, 7) is 2.20. The van der Waals surface area contributed by atoms with Crippen LogP contribution in [0.3, 0.4) is 0 Å². The zero-order chi connectivity index (χ0) is 14.9. The maximum Gasteiger partial charge on any atom is 0.251 e. The number of carbonyl (C=O) groups excluding carboxylic acids is 1. The van der Waals surface area contributed by atoms with E-state index in [0.717, 1.165) is 24.7 Å². The number of hydrogen-bond donors (Lipinski definition) is 2. The summed E-state index contributed by atoms with van der Waals surface area (Å²) >= 11 is 0. The lowest BCUT2D eigenvalue weighted by molar-refractivity contribution is 0.0949. The van der Waals surface area contributed by atoms with Crippen molar-refractivity contribution in [3.8, 4) is 0 Å². The standard InChI is InChI=1S/C14H20N2O3S.ClH/c1-9-3-6-11(20(2,18)19)7-12(9)14(17)16-8-13(15)10-4-5-10;/h3,6-7,10,13H,4-5,8,15H2,1-2H3,(H,16,17);1H. The zero-order valence-corrected chi connectivity index (χ0v) is 13.8. The van der Waals surface area contributed by atoms with Crippen LogP contribution in [-0.2, 0) is 9.84 Å². The van der Waals surface area contributed by atoms with Crippen LogP contribution in [0.5, 0.6) is 0 Å². The van der Waals surface area contributed by atoms with Crippen LogP contribution in [0.1, 0.15) is 28.8 Å². The second kappa shape index (κ2) is 6.77. The van der Waals surface area contributed by atoms with Gasteiger partial charge in [0.25, 0.3) is 5.91 Å². The average molecular weight is 333 g/mol. The van der Waals surface area contributed by atoms with Gasteiger partial charge in [0, 0.05) is 24.4 Å². The minimum atomic E-state index is -3.32. The van der Waals surface area contributed by atoms with Crippen molar-refractivity contribution < 1.29 is 13.2 Å². The normalized spacial score (nSPS) is 16.0. The molecule has 1 aliphatic rings. The highest BCUT2D eigenvalue weighted by molar-refractivity contribution is 7.90. The Morgan fingerprint density at radius 3 is 2.57 bits per heavy atom. The molecule has 1 amide bonds. The fraction of sp³-hybridized carbons (Fsp3) is 0.500. The molecule has 1 unspecified atom stereocenters. The molecule has 1 aromatic carbocycles. The summed E-state index contributed by atoms with van der Waals surface area (Å²) in [6.07, 6.45) is 3.38. The molecule has 0 heterocycles. The van der Waals surface area contributed by atoms with E-state index in [0.29, 0.717) is 18.0 Å². The fourth-order valence-electron chi connectivity index (χ4n) is 2.07. The highest BCUT2D eigenvalue weighted by atomic mass is 35.5. The molecular formula is C14H21ClN2O3S. The summed E-state index contributed by atoms with van der Waals surface area (Å²) in [5.74, 6) is 0.239. The number of aryl methyl sites for hydroxylation is 1. The quantitative estimate of drug-likeness (QED) is 0.850. The van der Waals surface area contributed by atoms with E-state index in [1.54, 1.807) is 13.0 Å². The van der Waals surface area contributed by atoms with Crippen molar-refractivity contribution in [2.75, 3.05) is 12.8 Å². The predicted molar refractivity (Wildman–Crippen MR) is 84.6 cm³/mol. The second-order valence-corrected chi connectivity index (χ2v) is 7.48. The summed E-state index contributed by atoms with van der Waals surface area (Å²) in [4.78, 5) is 12.3. The number of benzene rings is 1. The smallest absolute Gasteiger partial charge is 0.251 e. The molecule has 1 saturated carbocycles. The number of amides is 1. The molecule has 2 rings (SSSR count). The number of nitrogens with one attached hydrogen (secondary N) is 1. The Morgan fingerprint density at radius 2 is 2.05 bits per heavy atom. The second-order valence-electron chi connectivity index (χ2n) is 5.46. The minimum Gasteiger partial charge on any atom is -0.350 e. The van der Waals surface area contributed by atoms with Crippen LogP contribution in [0.2, 0.25) is 0 Å². The highest BCUT2D eigenvalue weighted by Crippen LogP contribution is 2.31. The molecule has 0 radical (unpaired) electrons. The number of halogens is 1. The molecule has 21 heavy (non-hydrogen) atoms. The number of hydrogen-bond acceptors (Lipinski definition) is 4. The monoisotopic (exact) mass is 332 g/mol. The van der Waals surface area contributed by atoms with Gasteiger partial charge in [-0.15, -0.1) is 12.4 Å². The minimum absolute atomic E-state index is 0. The van der Waals surface area contributed by atoms with Gasteiger partial charge in [0.1, 0.15) is 0 Å². The Kier molecular flexibility index (Phi) is 5.78. The van der Waals surface area contributed by atoms with Crippen LogP contribution in [0.4, 0.5) is 0 Å². The van der Waals surface area contributed by atoms with Crippen molar-refractivity contribution in [1.82, 2.24) is 5.32 Å². The maximum atomic E-state index is 12.1. The summed E-state index contributed by atoms with van der Waals surface area (Å²) in [5.41, 5.74) is 7.06. The highest BCUT2D eigenvalue weighted by Gasteiger charge is 2.28. The van der Waals surface area contributed by atoms with Gasteiger partial charge in [-0.25, -0.2) is 8.42 Å². The molecule has 0 aliphatic heterocycles. The Bertz CT molecular complexity index is 627. The molecule has 1 aliphatic carbocycles. The van der Waals surface area contributed by atoms with Crippen molar-refractivity contribution in [3.63, 3.8) is 0 Å². The largest absolute Gasteiger partial charge is 0.350 e. The van der Waals surface area contributed by atoms with Gasteiger partial charge in [0.15, 0.2) is 9.84 Å². The van der Waals surface area contributed by atoms with Gasteiger partial charge in [-0.3, -0.25) is 4.79 Å². The Morgan fingerprint density at radius 1 is 1.43 bits per heavy atom. The van der Waals surface area contributed by atoms with E-state index in [4.69, 9.17) is 5.73 Å². The van der Waals surface area contributed by atoms with Crippen LogP contribution >= 0.6 is 12.4 Å². The van der Waals surface area contributed by atoms with Crippen LogP contribution in [0, 0.1) is 12.8 Å². The lowest BCUT2D eigenvalue weighted by Gasteiger charge is -2.13. The van der Waals surface area contributed by atoms with Crippen molar-refractivity contribution in [1.29, 1.82) is 0 Å². The SMILES string of the molecule is Cc1ccc(S(C)(=O)=O)cc1C(=O)NCC(N)C1CC1.Cl. The lowest BCUT2D eigenvalue weighted by atomic mass is 10.1. The van der Waals surface area contributed by atoms with Crippen molar-refractivity contribution in [2.45, 2.75) is 30.7 Å². The number of nitrogens with two attached hydrogens (primary N) is 1. The summed E-state index contributed by atoms with van der Waals surface area (Å²) in [6, 6.07) is 4.56. The van der Waals surface area contributed by atoms with E-state index < -0.39 is 9.84 Å². The van der Waals surface area contributed by atoms with Gasteiger partial charge in [-0.2, -0.15) is 0 Å². The first kappa shape index (κ1) is 17.9. The van der Waals surface area contributed by atoms with Crippen molar-refractivity contribution in [3.05, 3.63) is 29.3 Å².